The summed E-state index contributed by atoms with van der Waals surface area (Å²) in [6.45, 7) is 11.0. The number of benzene rings is 7. The molecule has 59 heavy (non-hydrogen) atoms. The second-order valence-electron chi connectivity index (χ2n) is 18.8. The molecule has 0 heterocycles. The predicted octanol–water partition coefficient (Wildman–Crippen LogP) is 15.6. The van der Waals surface area contributed by atoms with E-state index in [1.165, 1.54) is 87.9 Å². The number of nitrogens with zero attached hydrogens (tertiary/aromatic N) is 2. The van der Waals surface area contributed by atoms with E-state index >= 15 is 0 Å². The fourth-order valence-electron chi connectivity index (χ4n) is 12.3. The van der Waals surface area contributed by atoms with Crippen LogP contribution in [0.3, 0.4) is 0 Å². The Bertz CT molecular complexity index is 2610. The Morgan fingerprint density at radius 3 is 1.24 bits per heavy atom. The van der Waals surface area contributed by atoms with Crippen LogP contribution in [0, 0.1) is 57.8 Å². The van der Waals surface area contributed by atoms with E-state index in [9.17, 15) is 0 Å². The lowest BCUT2D eigenvalue weighted by atomic mass is 9.38. The van der Waals surface area contributed by atoms with Gasteiger partial charge < -0.3 is 9.80 Å². The van der Waals surface area contributed by atoms with E-state index in [1.807, 2.05) is 0 Å². The molecule has 4 saturated carbocycles. The summed E-state index contributed by atoms with van der Waals surface area (Å²) in [5, 5.41) is 0. The fourth-order valence-corrected chi connectivity index (χ4v) is 12.3. The van der Waals surface area contributed by atoms with Gasteiger partial charge >= 0.3 is 0 Å². The number of anilines is 6. The second kappa shape index (κ2) is 13.6. The van der Waals surface area contributed by atoms with Crippen molar-refractivity contribution in [3.05, 3.63) is 191 Å². The first-order valence-corrected chi connectivity index (χ1v) is 21.9. The highest BCUT2D eigenvalue weighted by atomic mass is 15.1. The number of aryl methyl sites for hydroxylation is 3. The zero-order valence-corrected chi connectivity index (χ0v) is 35.2. The zero-order valence-electron chi connectivity index (χ0n) is 35.2. The van der Waals surface area contributed by atoms with Crippen LogP contribution in [0.15, 0.2) is 158 Å². The number of hydrogen-bond donors (Lipinski definition) is 0. The number of rotatable bonds is 9. The Morgan fingerprint density at radius 2 is 0.797 bits per heavy atom. The molecular weight excluding hydrogens is 713 g/mol. The van der Waals surface area contributed by atoms with Crippen LogP contribution in [-0.2, 0) is 5.41 Å². The van der Waals surface area contributed by atoms with Crippen molar-refractivity contribution in [1.29, 1.82) is 0 Å². The van der Waals surface area contributed by atoms with E-state index in [-0.39, 0.29) is 0 Å². The van der Waals surface area contributed by atoms with Gasteiger partial charge in [0.2, 0.25) is 0 Å². The summed E-state index contributed by atoms with van der Waals surface area (Å²) in [5.74, 6) is 3.10. The zero-order chi connectivity index (χ0) is 40.0. The first-order valence-electron chi connectivity index (χ1n) is 21.9. The van der Waals surface area contributed by atoms with Gasteiger partial charge in [-0.05, 0) is 201 Å². The molecular formula is C57H54N2. The SMILES string of the molecule is Cc1ccc(N(c2ccc(C)cc2)c2ccc(-c3ccc(N(c4ccc(C)cc4)c4ccc(-c5ccc(C67CC8CC9CC(C6)C98C7)cc5)cc4)c(C)c3C)cc2)cc1. The molecule has 0 aromatic heterocycles. The standard InChI is InChI=1S/C57H54N2/c1-37-6-20-49(21-7-37)58(50-22-8-38(2)9-23-50)51-28-16-44(17-29-51)54-30-31-55(41(5)40(54)4)59(52-24-10-39(3)11-25-52)53-26-14-43(15-27-53)42-12-18-45(19-13-42)56-34-47-32-46-33-48(35-56)57(46,47)36-56/h6-31,46-48H,32-36H2,1-5H3. The van der Waals surface area contributed by atoms with Gasteiger partial charge in [-0.15, -0.1) is 0 Å². The molecule has 4 fully saturated rings. The van der Waals surface area contributed by atoms with Crippen LogP contribution in [0.5, 0.6) is 0 Å². The van der Waals surface area contributed by atoms with Crippen LogP contribution in [-0.4, -0.2) is 0 Å². The average Bonchev–Trinajstić information content (AvgIpc) is 3.75. The fraction of sp³-hybridized carbons (Fsp3) is 0.263. The van der Waals surface area contributed by atoms with Crippen molar-refractivity contribution >= 4 is 34.1 Å². The first kappa shape index (κ1) is 36.2. The third-order valence-corrected chi connectivity index (χ3v) is 15.6. The van der Waals surface area contributed by atoms with Crippen LogP contribution < -0.4 is 9.80 Å². The quantitative estimate of drug-likeness (QED) is 0.144. The Labute approximate surface area is 351 Å². The van der Waals surface area contributed by atoms with Crippen LogP contribution in [0.25, 0.3) is 22.3 Å². The maximum absolute atomic E-state index is 2.48. The Kier molecular flexibility index (Phi) is 8.35. The summed E-state index contributed by atoms with van der Waals surface area (Å²) in [7, 11) is 0. The molecule has 4 aliphatic carbocycles. The highest BCUT2D eigenvalue weighted by Gasteiger charge is 2.77. The van der Waals surface area contributed by atoms with Crippen LogP contribution >= 0.6 is 0 Å². The molecule has 2 heteroatoms. The molecule has 0 aliphatic heterocycles. The lowest BCUT2D eigenvalue weighted by Crippen LogP contribution is -2.59. The Morgan fingerprint density at radius 1 is 0.390 bits per heavy atom. The maximum Gasteiger partial charge on any atom is 0.0493 e. The first-order chi connectivity index (χ1) is 28.7. The minimum absolute atomic E-state index is 0.455. The largest absolute Gasteiger partial charge is 0.311 e. The van der Waals surface area contributed by atoms with E-state index in [4.69, 9.17) is 0 Å². The molecule has 0 amide bonds. The maximum atomic E-state index is 2.48. The van der Waals surface area contributed by atoms with Gasteiger partial charge in [0.1, 0.15) is 0 Å². The topological polar surface area (TPSA) is 6.48 Å². The summed E-state index contributed by atoms with van der Waals surface area (Å²) < 4.78 is 0. The summed E-state index contributed by atoms with van der Waals surface area (Å²) >= 11 is 0. The van der Waals surface area contributed by atoms with Gasteiger partial charge in [0.25, 0.3) is 0 Å². The van der Waals surface area contributed by atoms with Crippen molar-refractivity contribution in [3.8, 4) is 22.3 Å². The average molecular weight is 767 g/mol. The van der Waals surface area contributed by atoms with Gasteiger partial charge in [-0.3, -0.25) is 0 Å². The highest BCUT2D eigenvalue weighted by Crippen LogP contribution is 2.84. The van der Waals surface area contributed by atoms with Crippen molar-refractivity contribution in [2.45, 2.75) is 72.1 Å². The third-order valence-electron chi connectivity index (χ3n) is 15.6. The van der Waals surface area contributed by atoms with E-state index < -0.39 is 0 Å². The van der Waals surface area contributed by atoms with Crippen molar-refractivity contribution in [3.63, 3.8) is 0 Å². The monoisotopic (exact) mass is 766 g/mol. The van der Waals surface area contributed by atoms with Gasteiger partial charge in [-0.2, -0.15) is 0 Å². The predicted molar refractivity (Wildman–Crippen MR) is 248 cm³/mol. The van der Waals surface area contributed by atoms with Gasteiger partial charge in [0, 0.05) is 34.1 Å². The van der Waals surface area contributed by atoms with E-state index in [0.717, 1.165) is 51.6 Å². The minimum atomic E-state index is 0.455. The molecule has 11 rings (SSSR count). The smallest absolute Gasteiger partial charge is 0.0493 e. The van der Waals surface area contributed by atoms with Gasteiger partial charge in [-0.1, -0.05) is 108 Å². The van der Waals surface area contributed by atoms with E-state index in [2.05, 4.69) is 202 Å². The highest BCUT2D eigenvalue weighted by molar-refractivity contribution is 5.84. The molecule has 2 atom stereocenters. The minimum Gasteiger partial charge on any atom is -0.311 e. The van der Waals surface area contributed by atoms with Crippen molar-refractivity contribution in [2.24, 2.45) is 23.2 Å². The van der Waals surface area contributed by atoms with Gasteiger partial charge in [0.05, 0.1) is 0 Å². The molecule has 2 unspecified atom stereocenters. The molecule has 4 aliphatic rings. The Hall–Kier alpha value is -5.86. The van der Waals surface area contributed by atoms with Gasteiger partial charge in [0.15, 0.2) is 0 Å². The summed E-state index contributed by atoms with van der Waals surface area (Å²) in [4.78, 5) is 4.77. The summed E-state index contributed by atoms with van der Waals surface area (Å²) in [6.07, 6.45) is 7.39. The number of hydrogen-bond acceptors (Lipinski definition) is 2. The molecule has 1 spiro atoms. The molecule has 7 aromatic rings. The van der Waals surface area contributed by atoms with Crippen molar-refractivity contribution < 1.29 is 0 Å². The van der Waals surface area contributed by atoms with Crippen molar-refractivity contribution in [1.82, 2.24) is 0 Å². The lowest BCUT2D eigenvalue weighted by molar-refractivity contribution is -0.175. The molecule has 2 nitrogen and oxygen atoms in total. The second-order valence-corrected chi connectivity index (χ2v) is 18.8. The van der Waals surface area contributed by atoms with E-state index in [0.29, 0.717) is 5.41 Å². The van der Waals surface area contributed by atoms with Gasteiger partial charge in [-0.25, -0.2) is 0 Å². The third kappa shape index (κ3) is 5.74. The molecule has 7 aromatic carbocycles. The summed E-state index contributed by atoms with van der Waals surface area (Å²) in [5.41, 5.74) is 21.2. The van der Waals surface area contributed by atoms with E-state index in [1.54, 1.807) is 5.56 Å². The van der Waals surface area contributed by atoms with Crippen molar-refractivity contribution in [2.75, 3.05) is 9.80 Å². The van der Waals surface area contributed by atoms with Crippen LogP contribution in [0.2, 0.25) is 0 Å². The number of fused-ring (bicyclic) bond motifs is 1. The lowest BCUT2D eigenvalue weighted by Gasteiger charge is -2.66. The van der Waals surface area contributed by atoms with Crippen LogP contribution in [0.4, 0.5) is 34.1 Å². The molecule has 292 valence electrons. The molecule has 2 bridgehead atoms. The van der Waals surface area contributed by atoms with Crippen LogP contribution in [0.1, 0.15) is 65.5 Å². The molecule has 0 N–H and O–H groups in total. The molecule has 0 saturated heterocycles. The Balaban J connectivity index is 0.887. The molecule has 0 radical (unpaired) electrons. The normalized spacial score (nSPS) is 23.3. The summed E-state index contributed by atoms with van der Waals surface area (Å²) in [6, 6.07) is 59.2.